The highest BCUT2D eigenvalue weighted by atomic mass is 16.1. The molecular formula is C13H29N3O. The summed E-state index contributed by atoms with van der Waals surface area (Å²) in [6, 6.07) is 0.190. The minimum absolute atomic E-state index is 0.121. The quantitative estimate of drug-likeness (QED) is 0.670. The first-order valence-corrected chi connectivity index (χ1v) is 6.49. The average Bonchev–Trinajstić information content (AvgIpc) is 2.13. The maximum atomic E-state index is 11.8. The van der Waals surface area contributed by atoms with Gasteiger partial charge in [-0.15, -0.1) is 0 Å². The zero-order chi connectivity index (χ0) is 13.4. The van der Waals surface area contributed by atoms with Crippen molar-refractivity contribution in [1.29, 1.82) is 0 Å². The molecule has 102 valence electrons. The minimum Gasteiger partial charge on any atom is -0.352 e. The van der Waals surface area contributed by atoms with Crippen molar-refractivity contribution in [1.82, 2.24) is 10.2 Å². The predicted octanol–water partition coefficient (Wildman–Crippen LogP) is 1.06. The van der Waals surface area contributed by atoms with E-state index < -0.39 is 0 Å². The zero-order valence-corrected chi connectivity index (χ0v) is 12.0. The number of nitrogens with one attached hydrogen (secondary N) is 1. The van der Waals surface area contributed by atoms with Crippen molar-refractivity contribution in [2.24, 2.45) is 17.6 Å². The van der Waals surface area contributed by atoms with Gasteiger partial charge < -0.3 is 16.0 Å². The lowest BCUT2D eigenvalue weighted by Crippen LogP contribution is -2.40. The molecule has 3 N–H and O–H groups in total. The third-order valence-electron chi connectivity index (χ3n) is 2.66. The summed E-state index contributed by atoms with van der Waals surface area (Å²) in [5.74, 6) is 1.02. The van der Waals surface area contributed by atoms with Crippen molar-refractivity contribution in [2.45, 2.75) is 39.7 Å². The topological polar surface area (TPSA) is 58.4 Å². The average molecular weight is 243 g/mol. The van der Waals surface area contributed by atoms with E-state index in [-0.39, 0.29) is 11.9 Å². The third kappa shape index (κ3) is 9.12. The van der Waals surface area contributed by atoms with Gasteiger partial charge >= 0.3 is 0 Å². The normalized spacial score (nSPS) is 15.1. The van der Waals surface area contributed by atoms with Crippen LogP contribution >= 0.6 is 0 Å². The third-order valence-corrected chi connectivity index (χ3v) is 2.66. The van der Waals surface area contributed by atoms with Gasteiger partial charge in [0.15, 0.2) is 0 Å². The fourth-order valence-electron chi connectivity index (χ4n) is 2.12. The van der Waals surface area contributed by atoms with Gasteiger partial charge in [-0.1, -0.05) is 13.8 Å². The van der Waals surface area contributed by atoms with Crippen LogP contribution in [0.15, 0.2) is 0 Å². The minimum atomic E-state index is 0.121. The summed E-state index contributed by atoms with van der Waals surface area (Å²) in [5.41, 5.74) is 5.69. The number of carbonyl (C=O) groups excluding carboxylic acids is 1. The first-order chi connectivity index (χ1) is 7.85. The van der Waals surface area contributed by atoms with Crippen LogP contribution in [-0.2, 0) is 4.79 Å². The molecular weight excluding hydrogens is 214 g/mol. The standard InChI is InChI=1S/C13H29N3O/c1-10(2)6-12(8-14)7-13(17)15-11(3)9-16(4)5/h10-12H,6-9,14H2,1-5H3,(H,15,17)/t11?,12-/m0/s1. The molecule has 0 aromatic heterocycles. The summed E-state index contributed by atoms with van der Waals surface area (Å²) in [6.45, 7) is 7.80. The van der Waals surface area contributed by atoms with E-state index in [0.29, 0.717) is 24.8 Å². The second kappa shape index (κ2) is 8.48. The number of nitrogens with zero attached hydrogens (tertiary/aromatic N) is 1. The first kappa shape index (κ1) is 16.4. The smallest absolute Gasteiger partial charge is 0.220 e. The number of nitrogens with two attached hydrogens (primary N) is 1. The molecule has 0 fully saturated rings. The van der Waals surface area contributed by atoms with E-state index in [1.165, 1.54) is 0 Å². The van der Waals surface area contributed by atoms with Gasteiger partial charge in [-0.3, -0.25) is 4.79 Å². The fraction of sp³-hybridized carbons (Fsp3) is 0.923. The summed E-state index contributed by atoms with van der Waals surface area (Å²) in [5, 5.41) is 3.01. The Morgan fingerprint density at radius 2 is 1.88 bits per heavy atom. The summed E-state index contributed by atoms with van der Waals surface area (Å²) < 4.78 is 0. The van der Waals surface area contributed by atoms with E-state index in [9.17, 15) is 4.79 Å². The highest BCUT2D eigenvalue weighted by Crippen LogP contribution is 2.14. The van der Waals surface area contributed by atoms with Crippen molar-refractivity contribution in [3.63, 3.8) is 0 Å². The van der Waals surface area contributed by atoms with Gasteiger partial charge in [0.05, 0.1) is 0 Å². The van der Waals surface area contributed by atoms with Crippen LogP contribution in [0.3, 0.4) is 0 Å². The van der Waals surface area contributed by atoms with E-state index in [2.05, 4.69) is 24.1 Å². The Morgan fingerprint density at radius 3 is 2.29 bits per heavy atom. The molecule has 0 spiro atoms. The van der Waals surface area contributed by atoms with Crippen LogP contribution in [0.25, 0.3) is 0 Å². The van der Waals surface area contributed by atoms with E-state index in [1.807, 2.05) is 21.0 Å². The fourth-order valence-corrected chi connectivity index (χ4v) is 2.12. The van der Waals surface area contributed by atoms with Gasteiger partial charge in [-0.25, -0.2) is 0 Å². The van der Waals surface area contributed by atoms with Crippen LogP contribution in [0.2, 0.25) is 0 Å². The van der Waals surface area contributed by atoms with Gasteiger partial charge in [0.1, 0.15) is 0 Å². The number of amides is 1. The molecule has 0 saturated carbocycles. The second-order valence-electron chi connectivity index (χ2n) is 5.67. The van der Waals surface area contributed by atoms with Crippen LogP contribution in [0, 0.1) is 11.8 Å². The lowest BCUT2D eigenvalue weighted by Gasteiger charge is -2.21. The molecule has 17 heavy (non-hydrogen) atoms. The molecule has 0 rings (SSSR count). The van der Waals surface area contributed by atoms with Crippen molar-refractivity contribution in [3.05, 3.63) is 0 Å². The predicted molar refractivity (Wildman–Crippen MR) is 72.8 cm³/mol. The maximum Gasteiger partial charge on any atom is 0.220 e. The highest BCUT2D eigenvalue weighted by Gasteiger charge is 2.15. The molecule has 1 unspecified atom stereocenters. The summed E-state index contributed by atoms with van der Waals surface area (Å²) in [4.78, 5) is 13.9. The molecule has 0 aliphatic rings. The molecule has 4 heteroatoms. The van der Waals surface area contributed by atoms with Crippen LogP contribution in [0.1, 0.15) is 33.6 Å². The Morgan fingerprint density at radius 1 is 1.29 bits per heavy atom. The summed E-state index contributed by atoms with van der Waals surface area (Å²) in [7, 11) is 4.01. The van der Waals surface area contributed by atoms with E-state index in [0.717, 1.165) is 13.0 Å². The summed E-state index contributed by atoms with van der Waals surface area (Å²) in [6.07, 6.45) is 1.57. The summed E-state index contributed by atoms with van der Waals surface area (Å²) >= 11 is 0. The zero-order valence-electron chi connectivity index (χ0n) is 12.0. The number of carbonyl (C=O) groups is 1. The molecule has 0 bridgehead atoms. The van der Waals surface area contributed by atoms with Gasteiger partial charge in [-0.05, 0) is 45.8 Å². The van der Waals surface area contributed by atoms with Crippen LogP contribution < -0.4 is 11.1 Å². The number of rotatable bonds is 8. The molecule has 0 aliphatic carbocycles. The molecule has 2 atom stereocenters. The molecule has 0 radical (unpaired) electrons. The van der Waals surface area contributed by atoms with Gasteiger partial charge in [0.25, 0.3) is 0 Å². The van der Waals surface area contributed by atoms with E-state index in [4.69, 9.17) is 5.73 Å². The monoisotopic (exact) mass is 243 g/mol. The molecule has 0 saturated heterocycles. The number of likely N-dealkylation sites (N-methyl/N-ethyl adjacent to an activating group) is 1. The van der Waals surface area contributed by atoms with Gasteiger partial charge in [-0.2, -0.15) is 0 Å². The lowest BCUT2D eigenvalue weighted by molar-refractivity contribution is -0.122. The van der Waals surface area contributed by atoms with Gasteiger partial charge in [0, 0.05) is 19.0 Å². The number of hydrogen-bond acceptors (Lipinski definition) is 3. The molecule has 0 heterocycles. The van der Waals surface area contributed by atoms with Crippen molar-refractivity contribution < 1.29 is 4.79 Å². The Labute approximate surface area is 106 Å². The Hall–Kier alpha value is -0.610. The van der Waals surface area contributed by atoms with E-state index in [1.54, 1.807) is 0 Å². The SMILES string of the molecule is CC(C)C[C@H](CN)CC(=O)NC(C)CN(C)C. The maximum absolute atomic E-state index is 11.8. The van der Waals surface area contributed by atoms with Crippen LogP contribution in [0.4, 0.5) is 0 Å². The van der Waals surface area contributed by atoms with Crippen LogP contribution in [0.5, 0.6) is 0 Å². The Kier molecular flexibility index (Phi) is 8.17. The van der Waals surface area contributed by atoms with Gasteiger partial charge in [0.2, 0.25) is 5.91 Å². The van der Waals surface area contributed by atoms with Crippen LogP contribution in [-0.4, -0.2) is 44.0 Å². The van der Waals surface area contributed by atoms with Crippen molar-refractivity contribution in [3.8, 4) is 0 Å². The Bertz CT molecular complexity index is 217. The lowest BCUT2D eigenvalue weighted by atomic mass is 9.94. The first-order valence-electron chi connectivity index (χ1n) is 6.49. The highest BCUT2D eigenvalue weighted by molar-refractivity contribution is 5.76. The van der Waals surface area contributed by atoms with Crippen molar-refractivity contribution in [2.75, 3.05) is 27.2 Å². The molecule has 1 amide bonds. The number of hydrogen-bond donors (Lipinski definition) is 2. The molecule has 0 aromatic rings. The van der Waals surface area contributed by atoms with E-state index >= 15 is 0 Å². The second-order valence-corrected chi connectivity index (χ2v) is 5.67. The molecule has 0 aromatic carbocycles. The largest absolute Gasteiger partial charge is 0.352 e. The molecule has 4 nitrogen and oxygen atoms in total. The Balaban J connectivity index is 3.97. The molecule has 0 aliphatic heterocycles. The van der Waals surface area contributed by atoms with Crippen molar-refractivity contribution >= 4 is 5.91 Å².